The number of nitrogens with one attached hydrogen (secondary N) is 1. The van der Waals surface area contributed by atoms with Gasteiger partial charge in [-0.1, -0.05) is 28.1 Å². The van der Waals surface area contributed by atoms with Crippen LogP contribution in [-0.4, -0.2) is 26.3 Å². The molecular formula is C22H16Br2N2O4. The van der Waals surface area contributed by atoms with Gasteiger partial charge in [0.15, 0.2) is 5.76 Å². The van der Waals surface area contributed by atoms with Crippen molar-refractivity contribution in [2.24, 2.45) is 5.10 Å². The van der Waals surface area contributed by atoms with E-state index in [9.17, 15) is 4.79 Å². The van der Waals surface area contributed by atoms with Gasteiger partial charge in [0, 0.05) is 15.4 Å². The van der Waals surface area contributed by atoms with Crippen LogP contribution in [0.3, 0.4) is 0 Å². The summed E-state index contributed by atoms with van der Waals surface area (Å²) >= 11 is 6.86. The van der Waals surface area contributed by atoms with Crippen molar-refractivity contribution in [2.75, 3.05) is 14.2 Å². The van der Waals surface area contributed by atoms with Gasteiger partial charge in [-0.25, -0.2) is 5.43 Å². The molecule has 0 fully saturated rings. The summed E-state index contributed by atoms with van der Waals surface area (Å²) < 4.78 is 18.1. The number of hydrazone groups is 1. The number of hydrogen-bond donors (Lipinski definition) is 1. The second-order valence-electron chi connectivity index (χ2n) is 6.38. The number of halogens is 2. The molecule has 6 nitrogen and oxygen atoms in total. The zero-order chi connectivity index (χ0) is 21.3. The van der Waals surface area contributed by atoms with Crippen molar-refractivity contribution in [2.45, 2.75) is 0 Å². The maximum absolute atomic E-state index is 12.5. The first-order valence-corrected chi connectivity index (χ1v) is 10.5. The van der Waals surface area contributed by atoms with Crippen molar-refractivity contribution in [3.8, 4) is 11.5 Å². The Bertz CT molecular complexity index is 1290. The molecule has 0 bridgehead atoms. The molecule has 0 radical (unpaired) electrons. The first-order chi connectivity index (χ1) is 14.5. The van der Waals surface area contributed by atoms with Gasteiger partial charge in [0.25, 0.3) is 0 Å². The fourth-order valence-corrected chi connectivity index (χ4v) is 4.48. The molecule has 3 aromatic carbocycles. The van der Waals surface area contributed by atoms with E-state index >= 15 is 0 Å². The van der Waals surface area contributed by atoms with Gasteiger partial charge in [-0.05, 0) is 63.1 Å². The second kappa shape index (κ2) is 8.49. The highest BCUT2D eigenvalue weighted by molar-refractivity contribution is 9.11. The summed E-state index contributed by atoms with van der Waals surface area (Å²) in [4.78, 5) is 12.5. The lowest BCUT2D eigenvalue weighted by atomic mass is 10.0. The summed E-state index contributed by atoms with van der Waals surface area (Å²) in [6, 6.07) is 14.9. The Morgan fingerprint density at radius 2 is 1.83 bits per heavy atom. The third kappa shape index (κ3) is 3.93. The number of carbonyl (C=O) groups is 1. The highest BCUT2D eigenvalue weighted by atomic mass is 79.9. The number of benzene rings is 3. The summed E-state index contributed by atoms with van der Waals surface area (Å²) in [6.45, 7) is 0. The van der Waals surface area contributed by atoms with E-state index in [-0.39, 0.29) is 5.76 Å². The van der Waals surface area contributed by atoms with E-state index in [4.69, 9.17) is 13.9 Å². The third-order valence-corrected chi connectivity index (χ3v) is 5.62. The summed E-state index contributed by atoms with van der Waals surface area (Å²) in [5.41, 5.74) is 3.83. The van der Waals surface area contributed by atoms with E-state index in [1.54, 1.807) is 26.5 Å². The van der Waals surface area contributed by atoms with Crippen LogP contribution in [0.1, 0.15) is 16.1 Å². The molecule has 1 heterocycles. The maximum Gasteiger partial charge on any atom is 0.307 e. The molecule has 4 aromatic rings. The van der Waals surface area contributed by atoms with Gasteiger partial charge in [-0.2, -0.15) is 5.10 Å². The van der Waals surface area contributed by atoms with Gasteiger partial charge in [0.1, 0.15) is 17.1 Å². The topological polar surface area (TPSA) is 73.1 Å². The number of methoxy groups -OCH3 is 2. The van der Waals surface area contributed by atoms with Crippen LogP contribution in [0.15, 0.2) is 67.0 Å². The SMILES string of the molecule is COc1ccc2ccc(OC)c(/C=N\NC(=O)c3cc4cc(Br)cc(Br)c4o3)c2c1. The number of fused-ring (bicyclic) bond motifs is 2. The molecule has 0 aliphatic rings. The lowest BCUT2D eigenvalue weighted by Gasteiger charge is -2.10. The lowest BCUT2D eigenvalue weighted by Crippen LogP contribution is -2.16. The summed E-state index contributed by atoms with van der Waals surface area (Å²) in [5.74, 6) is 1.05. The Morgan fingerprint density at radius 1 is 1.03 bits per heavy atom. The first kappa shape index (κ1) is 20.4. The average molecular weight is 532 g/mol. The smallest absolute Gasteiger partial charge is 0.307 e. The van der Waals surface area contributed by atoms with Gasteiger partial charge >= 0.3 is 5.91 Å². The quantitative estimate of drug-likeness (QED) is 0.257. The Kier molecular flexibility index (Phi) is 5.78. The van der Waals surface area contributed by atoms with Crippen LogP contribution < -0.4 is 14.9 Å². The van der Waals surface area contributed by atoms with E-state index in [0.29, 0.717) is 17.1 Å². The van der Waals surface area contributed by atoms with Crippen molar-refractivity contribution in [1.29, 1.82) is 0 Å². The monoisotopic (exact) mass is 530 g/mol. The molecule has 1 amide bonds. The highest BCUT2D eigenvalue weighted by Crippen LogP contribution is 2.31. The molecule has 0 saturated carbocycles. The predicted molar refractivity (Wildman–Crippen MR) is 124 cm³/mol. The number of ether oxygens (including phenoxy) is 2. The Morgan fingerprint density at radius 3 is 2.60 bits per heavy atom. The molecular weight excluding hydrogens is 516 g/mol. The zero-order valence-electron chi connectivity index (χ0n) is 16.0. The third-order valence-electron chi connectivity index (χ3n) is 4.57. The van der Waals surface area contributed by atoms with E-state index in [2.05, 4.69) is 42.4 Å². The molecule has 1 aromatic heterocycles. The predicted octanol–water partition coefficient (Wildman–Crippen LogP) is 5.89. The van der Waals surface area contributed by atoms with Crippen LogP contribution in [0.25, 0.3) is 21.7 Å². The fraction of sp³-hybridized carbons (Fsp3) is 0.0909. The van der Waals surface area contributed by atoms with Gasteiger partial charge in [-0.15, -0.1) is 0 Å². The minimum atomic E-state index is -0.456. The van der Waals surface area contributed by atoms with E-state index in [1.165, 1.54) is 0 Å². The molecule has 0 spiro atoms. The van der Waals surface area contributed by atoms with E-state index < -0.39 is 5.91 Å². The molecule has 0 saturated heterocycles. The molecule has 152 valence electrons. The van der Waals surface area contributed by atoms with Crippen LogP contribution >= 0.6 is 31.9 Å². The Balaban J connectivity index is 1.63. The normalized spacial score (nSPS) is 11.3. The van der Waals surface area contributed by atoms with Crippen LogP contribution in [0.5, 0.6) is 11.5 Å². The molecule has 30 heavy (non-hydrogen) atoms. The number of hydrogen-bond acceptors (Lipinski definition) is 5. The summed E-state index contributed by atoms with van der Waals surface area (Å²) in [6.07, 6.45) is 1.55. The number of nitrogens with zero attached hydrogens (tertiary/aromatic N) is 1. The van der Waals surface area contributed by atoms with Crippen molar-refractivity contribution in [3.63, 3.8) is 0 Å². The molecule has 4 rings (SSSR count). The molecule has 8 heteroatoms. The second-order valence-corrected chi connectivity index (χ2v) is 8.15. The molecule has 0 aliphatic carbocycles. The number of amides is 1. The minimum Gasteiger partial charge on any atom is -0.497 e. The van der Waals surface area contributed by atoms with E-state index in [0.717, 1.165) is 30.7 Å². The highest BCUT2D eigenvalue weighted by Gasteiger charge is 2.14. The standard InChI is InChI=1S/C22H16Br2N2O4/c1-28-15-5-3-12-4-6-19(29-2)17(16(12)10-15)11-25-26-22(27)20-8-13-7-14(23)9-18(24)21(13)30-20/h3-11H,1-2H3,(H,26,27)/b25-11-. The first-order valence-electron chi connectivity index (χ1n) is 8.87. The molecule has 0 unspecified atom stereocenters. The summed E-state index contributed by atoms with van der Waals surface area (Å²) in [7, 11) is 3.20. The largest absolute Gasteiger partial charge is 0.497 e. The van der Waals surface area contributed by atoms with Crippen molar-refractivity contribution < 1.29 is 18.7 Å². The van der Waals surface area contributed by atoms with E-state index in [1.807, 2.05) is 42.5 Å². The molecule has 1 N–H and O–H groups in total. The number of rotatable bonds is 5. The van der Waals surface area contributed by atoms with Gasteiger partial charge in [0.05, 0.1) is 24.9 Å². The van der Waals surface area contributed by atoms with Crippen LogP contribution in [0.2, 0.25) is 0 Å². The van der Waals surface area contributed by atoms with Crippen LogP contribution in [0.4, 0.5) is 0 Å². The molecule has 0 atom stereocenters. The number of furan rings is 1. The molecule has 0 aliphatic heterocycles. The van der Waals surface area contributed by atoms with Crippen molar-refractivity contribution >= 4 is 65.7 Å². The average Bonchev–Trinajstić information content (AvgIpc) is 3.17. The van der Waals surface area contributed by atoms with Gasteiger partial charge in [-0.3, -0.25) is 4.79 Å². The van der Waals surface area contributed by atoms with Crippen LogP contribution in [-0.2, 0) is 0 Å². The number of carbonyl (C=O) groups excluding carboxylic acids is 1. The van der Waals surface area contributed by atoms with Crippen molar-refractivity contribution in [1.82, 2.24) is 5.43 Å². The van der Waals surface area contributed by atoms with Crippen LogP contribution in [0, 0.1) is 0 Å². The van der Waals surface area contributed by atoms with Gasteiger partial charge in [0.2, 0.25) is 0 Å². The summed E-state index contributed by atoms with van der Waals surface area (Å²) in [5, 5.41) is 6.81. The Hall–Kier alpha value is -2.84. The lowest BCUT2D eigenvalue weighted by molar-refractivity contribution is 0.0929. The minimum absolute atomic E-state index is 0.160. The zero-order valence-corrected chi connectivity index (χ0v) is 19.2. The van der Waals surface area contributed by atoms with Crippen molar-refractivity contribution in [3.05, 3.63) is 68.8 Å². The van der Waals surface area contributed by atoms with Gasteiger partial charge < -0.3 is 13.9 Å². The maximum atomic E-state index is 12.5. The fourth-order valence-electron chi connectivity index (χ4n) is 3.14. The Labute approximate surface area is 189 Å².